The zero-order chi connectivity index (χ0) is 65.8. The Hall–Kier alpha value is -6.22. The minimum atomic E-state index is -0.304. The van der Waals surface area contributed by atoms with Gasteiger partial charge < -0.3 is 4.74 Å². The average molecular weight is 1310 g/mol. The van der Waals surface area contributed by atoms with Gasteiger partial charge in [0.1, 0.15) is 0 Å². The highest BCUT2D eigenvalue weighted by Gasteiger charge is 2.62. The third-order valence-corrected chi connectivity index (χ3v) is 31.6. The van der Waals surface area contributed by atoms with Crippen molar-refractivity contribution < 1.29 is 33.5 Å². The van der Waals surface area contributed by atoms with Crippen LogP contribution in [0.1, 0.15) is 164 Å². The van der Waals surface area contributed by atoms with Crippen molar-refractivity contribution in [3.63, 3.8) is 0 Å². The maximum atomic E-state index is 12.5. The Labute approximate surface area is 582 Å². The fourth-order valence-electron chi connectivity index (χ4n) is 27.3. The number of ether oxygens (including phenoxy) is 1. The molecule has 512 valence electrons. The molecule has 9 heteroatoms. The molecule has 3 saturated heterocycles. The Kier molecular flexibility index (Phi) is 16.1. The van der Waals surface area contributed by atoms with Crippen molar-refractivity contribution in [2.24, 2.45) is 178 Å². The molecule has 4 amide bonds. The van der Waals surface area contributed by atoms with E-state index in [1.54, 1.807) is 37.4 Å². The molecule has 0 aromatic heterocycles. The van der Waals surface area contributed by atoms with E-state index in [1.807, 2.05) is 42.5 Å². The lowest BCUT2D eigenvalue weighted by Crippen LogP contribution is -2.32. The Balaban J connectivity index is 0.0000000791. The van der Waals surface area contributed by atoms with Crippen molar-refractivity contribution in [1.29, 1.82) is 0 Å². The Morgan fingerprint density at radius 2 is 0.633 bits per heavy atom. The summed E-state index contributed by atoms with van der Waals surface area (Å²) in [6.07, 6.45) is 69.2. The number of rotatable bonds is 1. The second-order valence-electron chi connectivity index (χ2n) is 35.5. The number of imide groups is 2. The molecule has 12 saturated carbocycles. The largest absolute Gasteiger partial charge is 0.393 e. The smallest absolute Gasteiger partial charge is 0.318 e. The van der Waals surface area contributed by atoms with Crippen LogP contribution >= 0.6 is 0 Å². The lowest BCUT2D eigenvalue weighted by Gasteiger charge is -2.37. The van der Waals surface area contributed by atoms with E-state index in [1.165, 1.54) is 113 Å². The maximum absolute atomic E-state index is 12.5. The van der Waals surface area contributed by atoms with Gasteiger partial charge in [0.05, 0.1) is 41.2 Å². The molecule has 9 nitrogen and oxygen atoms in total. The van der Waals surface area contributed by atoms with Crippen LogP contribution in [0.4, 0.5) is 5.69 Å². The zero-order valence-corrected chi connectivity index (χ0v) is 57.7. The van der Waals surface area contributed by atoms with Crippen LogP contribution < -0.4 is 4.90 Å². The van der Waals surface area contributed by atoms with Gasteiger partial charge in [-0.2, -0.15) is 0 Å². The first-order valence-electron chi connectivity index (χ1n) is 40.0. The standard InChI is InChI=1S/C15H13NO2.C14H20.C11H16.C11H10.C10H11NO2.C10H14.C9H8O3.C9H12/c17-14-12-9-6-7-10(8-9)13(12)15(18)16(14)11-4-2-1-3-5-11;1-2-4-12-9(3-1)8-13-10-5-6-11(7-10)14(12)13;2*1-2-4-11-9-6-5-8(7-9)10(11)3-1;1-11-9(12)7-5-2-3-6(4-5)8(7)10(11)13;1-2-9-7-4-5-8(6-7)10(9)3-1;10-8-6-4-1-2-5(3-4)7(6)9(11)12-8;1-2-7-5-6(1)8-3-4-9(7)8/h1-7,9-10,12-13H,8H2;5-6,9-14H,1-4,7-8H2;5-6,8-11H,1-4,7H2;1-6,8-9H,7H2;2-3,5-8H,4H2,1H3;4-5,7-10H,1-3,6H2;1-2,4-7H,3H2;1-2,6-9H,3-5H2. The number of fused-ring (bicyclic) bond motifs is 42. The monoisotopic (exact) mass is 1310 g/mol. The molecule has 0 N–H and O–H groups in total. The zero-order valence-electron chi connectivity index (χ0n) is 57.7. The number of hydrogen-bond acceptors (Lipinski definition) is 7. The lowest BCUT2D eigenvalue weighted by atomic mass is 9.68. The summed E-state index contributed by atoms with van der Waals surface area (Å²) in [6, 6.07) is 18.1. The predicted molar refractivity (Wildman–Crippen MR) is 379 cm³/mol. The van der Waals surface area contributed by atoms with Gasteiger partial charge in [-0.1, -0.05) is 178 Å². The van der Waals surface area contributed by atoms with E-state index in [-0.39, 0.29) is 94.7 Å². The second-order valence-corrected chi connectivity index (χ2v) is 35.5. The van der Waals surface area contributed by atoms with Crippen LogP contribution in [0.25, 0.3) is 0 Å². The van der Waals surface area contributed by atoms with E-state index in [4.69, 9.17) is 0 Å². The van der Waals surface area contributed by atoms with Gasteiger partial charge in [0.15, 0.2) is 0 Å². The van der Waals surface area contributed by atoms with Crippen LogP contribution in [0.15, 0.2) is 152 Å². The van der Waals surface area contributed by atoms with E-state index in [9.17, 15) is 28.8 Å². The quantitative estimate of drug-likeness (QED) is 0.121. The van der Waals surface area contributed by atoms with Gasteiger partial charge in [-0.05, 0) is 268 Å². The van der Waals surface area contributed by atoms with E-state index < -0.39 is 0 Å². The first kappa shape index (κ1) is 62.8. The van der Waals surface area contributed by atoms with Gasteiger partial charge in [0.25, 0.3) is 0 Å². The molecule has 21 aliphatic carbocycles. The van der Waals surface area contributed by atoms with Crippen LogP contribution in [0.3, 0.4) is 0 Å². The van der Waals surface area contributed by atoms with Crippen LogP contribution in [-0.4, -0.2) is 47.5 Å². The molecule has 15 fully saturated rings. The van der Waals surface area contributed by atoms with E-state index in [0.717, 1.165) is 138 Å². The fourth-order valence-corrected chi connectivity index (χ4v) is 27.3. The number of likely N-dealkylation sites (tertiary alicyclic amines) is 1. The van der Waals surface area contributed by atoms with Crippen LogP contribution in [0.2, 0.25) is 0 Å². The summed E-state index contributed by atoms with van der Waals surface area (Å²) in [5, 5.41) is 0. The molecule has 0 spiro atoms. The highest BCUT2D eigenvalue weighted by molar-refractivity contribution is 6.22. The van der Waals surface area contributed by atoms with Crippen LogP contribution in [0.5, 0.6) is 0 Å². The first-order valence-corrected chi connectivity index (χ1v) is 40.0. The Morgan fingerprint density at radius 1 is 0.296 bits per heavy atom. The van der Waals surface area contributed by atoms with Gasteiger partial charge in [-0.3, -0.25) is 38.6 Å². The fraction of sp³-hybridized carbons (Fsp3) is 0.618. The summed E-state index contributed by atoms with van der Waals surface area (Å²) in [5.41, 5.74) is 3.85. The first-order chi connectivity index (χ1) is 48.0. The molecule has 32 unspecified atom stereocenters. The van der Waals surface area contributed by atoms with Gasteiger partial charge in [0.2, 0.25) is 23.6 Å². The number of cyclic esters (lactones) is 2. The highest BCUT2D eigenvalue weighted by atomic mass is 16.6. The van der Waals surface area contributed by atoms with Crippen LogP contribution in [-0.2, 0) is 33.5 Å². The molecule has 98 heavy (non-hydrogen) atoms. The Bertz CT molecular complexity index is 3600. The van der Waals surface area contributed by atoms with Crippen molar-refractivity contribution in [2.45, 2.75) is 153 Å². The number of hydrogen-bond donors (Lipinski definition) is 0. The molecule has 24 aliphatic rings. The molecule has 26 rings (SSSR count). The topological polar surface area (TPSA) is 118 Å². The molecule has 16 bridgehead atoms. The van der Waals surface area contributed by atoms with Gasteiger partial charge in [-0.25, -0.2) is 0 Å². The number of esters is 2. The van der Waals surface area contributed by atoms with E-state index in [2.05, 4.69) is 114 Å². The molecule has 3 aliphatic heterocycles. The van der Waals surface area contributed by atoms with Crippen molar-refractivity contribution >= 4 is 41.3 Å². The summed E-state index contributed by atoms with van der Waals surface area (Å²) in [7, 11) is 1.60. The van der Waals surface area contributed by atoms with Crippen molar-refractivity contribution in [3.05, 3.63) is 163 Å². The third kappa shape index (κ3) is 10.3. The third-order valence-electron chi connectivity index (χ3n) is 31.6. The van der Waals surface area contributed by atoms with Gasteiger partial charge >= 0.3 is 11.9 Å². The molecular weight excluding hydrogens is 1210 g/mol. The number of anilines is 1. The lowest BCUT2D eigenvalue weighted by molar-refractivity contribution is -0.154. The number of para-hydroxylation sites is 1. The minimum absolute atomic E-state index is 0.00644. The second kappa shape index (κ2) is 25.1. The molecule has 2 aromatic carbocycles. The molecular formula is C89H104N2O7. The summed E-state index contributed by atoms with van der Waals surface area (Å²) < 4.78 is 4.59. The SMILES string of the molecule is C1=CC2CC1C1CC3CCCCC3C21.C1=CC2CC1C1CCC21.C1=CC2CC1C1CCCC21.C1=CC2CC1C1CCCCC21.C1=CC2CC1c1ccccc12.CN1C(=O)C2C3C=CC(C3)C2C1=O.O=C1C2C3C=CC(C3)C2C(=O)N1c1ccccc1.O=C1OC(=O)C2C3C=CC(C3)C12. The van der Waals surface area contributed by atoms with E-state index >= 15 is 0 Å². The minimum Gasteiger partial charge on any atom is -0.393 e. The number of carbonyl (C=O) groups is 6. The average Bonchev–Trinajstić information content (AvgIpc) is 1.59. The summed E-state index contributed by atoms with van der Waals surface area (Å²) in [5.74, 6) is 21.6. The van der Waals surface area contributed by atoms with Crippen molar-refractivity contribution in [1.82, 2.24) is 4.90 Å². The maximum Gasteiger partial charge on any atom is 0.318 e. The van der Waals surface area contributed by atoms with Gasteiger partial charge in [-0.15, -0.1) is 0 Å². The Morgan fingerprint density at radius 3 is 1.07 bits per heavy atom. The van der Waals surface area contributed by atoms with Crippen molar-refractivity contribution in [3.8, 4) is 0 Å². The molecule has 0 radical (unpaired) electrons. The summed E-state index contributed by atoms with van der Waals surface area (Å²) in [4.78, 5) is 73.3. The van der Waals surface area contributed by atoms with E-state index in [0.29, 0.717) is 17.5 Å². The predicted octanol–water partition coefficient (Wildman–Crippen LogP) is 17.2. The van der Waals surface area contributed by atoms with Crippen LogP contribution in [0, 0.1) is 178 Å². The molecule has 32 atom stereocenters. The number of carbonyl (C=O) groups excluding carboxylic acids is 6. The number of amides is 4. The number of allylic oxidation sites excluding steroid dienone is 16. The normalized spacial score (nSPS) is 47.8. The number of benzene rings is 2. The summed E-state index contributed by atoms with van der Waals surface area (Å²) in [6.45, 7) is 0. The molecule has 3 heterocycles. The van der Waals surface area contributed by atoms with Crippen molar-refractivity contribution in [2.75, 3.05) is 11.9 Å². The van der Waals surface area contributed by atoms with Gasteiger partial charge in [0, 0.05) is 18.9 Å². The molecule has 2 aromatic rings. The summed E-state index contributed by atoms with van der Waals surface area (Å²) >= 11 is 0. The highest BCUT2D eigenvalue weighted by Crippen LogP contribution is 2.64. The number of nitrogens with zero attached hydrogens (tertiary/aromatic N) is 2.